The van der Waals surface area contributed by atoms with E-state index >= 15 is 0 Å². The van der Waals surface area contributed by atoms with Gasteiger partial charge in [0, 0.05) is 25.7 Å². The number of hydrogen-bond donors (Lipinski definition) is 3. The van der Waals surface area contributed by atoms with Crippen LogP contribution >= 0.6 is 15.6 Å². The predicted molar refractivity (Wildman–Crippen MR) is 436 cm³/mol. The number of esters is 4. The van der Waals surface area contributed by atoms with Crippen LogP contribution in [0.4, 0.5) is 0 Å². The molecule has 0 aromatic heterocycles. The first-order valence-electron chi connectivity index (χ1n) is 39.7. The minimum atomic E-state index is -5.01. The second-order valence-electron chi connectivity index (χ2n) is 25.5. The van der Waals surface area contributed by atoms with Crippen molar-refractivity contribution >= 4 is 39.5 Å². The van der Waals surface area contributed by atoms with Crippen molar-refractivity contribution in [3.8, 4) is 0 Å². The van der Waals surface area contributed by atoms with Gasteiger partial charge in [-0.25, -0.2) is 9.13 Å². The number of aliphatic hydroxyl groups excluding tert-OH is 1. The third-order valence-corrected chi connectivity index (χ3v) is 17.4. The van der Waals surface area contributed by atoms with E-state index in [1.807, 2.05) is 12.2 Å². The Balaban J connectivity index is 5.52. The highest BCUT2D eigenvalue weighted by atomic mass is 31.2. The van der Waals surface area contributed by atoms with Crippen molar-refractivity contribution in [3.63, 3.8) is 0 Å². The Labute approximate surface area is 640 Å². The van der Waals surface area contributed by atoms with Gasteiger partial charge >= 0.3 is 39.5 Å². The van der Waals surface area contributed by atoms with Crippen molar-refractivity contribution in [2.75, 3.05) is 39.6 Å². The summed E-state index contributed by atoms with van der Waals surface area (Å²) in [6, 6.07) is 0. The number of allylic oxidation sites excluding steroid dienone is 32. The van der Waals surface area contributed by atoms with Gasteiger partial charge < -0.3 is 33.8 Å². The molecule has 0 aliphatic heterocycles. The number of rotatable bonds is 72. The Morgan fingerprint density at radius 2 is 0.500 bits per heavy atom. The zero-order chi connectivity index (χ0) is 77.4. The van der Waals surface area contributed by atoms with Crippen molar-refractivity contribution in [2.24, 2.45) is 0 Å². The fraction of sp³-hybridized carbons (Fsp3) is 0.586. The van der Waals surface area contributed by atoms with Gasteiger partial charge in [-0.2, -0.15) is 0 Å². The van der Waals surface area contributed by atoms with Crippen LogP contribution in [0.3, 0.4) is 0 Å². The minimum Gasteiger partial charge on any atom is -0.462 e. The van der Waals surface area contributed by atoms with Gasteiger partial charge in [0.05, 0.1) is 26.4 Å². The molecule has 0 aliphatic rings. The third-order valence-electron chi connectivity index (χ3n) is 15.5. The van der Waals surface area contributed by atoms with E-state index in [-0.39, 0.29) is 25.7 Å². The molecule has 0 radical (unpaired) electrons. The van der Waals surface area contributed by atoms with Gasteiger partial charge in [-0.15, -0.1) is 0 Å². The molecule has 0 spiro atoms. The van der Waals surface area contributed by atoms with Crippen LogP contribution in [-0.4, -0.2) is 96.7 Å². The second kappa shape index (κ2) is 77.1. The second-order valence-corrected chi connectivity index (χ2v) is 28.4. The Kier molecular flexibility index (Phi) is 72.6. The molecule has 0 aromatic rings. The van der Waals surface area contributed by atoms with E-state index in [1.165, 1.54) is 19.3 Å². The molecule has 0 aromatic carbocycles. The lowest BCUT2D eigenvalue weighted by Gasteiger charge is -2.21. The molecule has 0 saturated heterocycles. The fourth-order valence-electron chi connectivity index (χ4n) is 9.60. The highest BCUT2D eigenvalue weighted by Crippen LogP contribution is 2.45. The molecule has 0 saturated carbocycles. The van der Waals surface area contributed by atoms with Crippen molar-refractivity contribution in [1.82, 2.24) is 0 Å². The van der Waals surface area contributed by atoms with Gasteiger partial charge in [0.15, 0.2) is 12.2 Å². The highest BCUT2D eigenvalue weighted by Gasteiger charge is 2.30. The van der Waals surface area contributed by atoms with Gasteiger partial charge in [-0.05, 0) is 180 Å². The van der Waals surface area contributed by atoms with Gasteiger partial charge in [0.25, 0.3) is 0 Å². The molecular weight excluding hydrogens is 1380 g/mol. The van der Waals surface area contributed by atoms with E-state index in [9.17, 15) is 43.2 Å². The molecule has 0 bridgehead atoms. The molecule has 5 unspecified atom stereocenters. The van der Waals surface area contributed by atoms with E-state index in [0.717, 1.165) is 161 Å². The summed E-state index contributed by atoms with van der Waals surface area (Å²) >= 11 is 0. The molecule has 0 heterocycles. The molecule has 0 fully saturated rings. The third kappa shape index (κ3) is 76.1. The van der Waals surface area contributed by atoms with E-state index < -0.39 is 97.5 Å². The first kappa shape index (κ1) is 99.9. The molecule has 3 N–H and O–H groups in total. The molecule has 17 nitrogen and oxygen atoms in total. The standard InChI is InChI=1S/C87H138O17P2/c1-5-9-13-17-21-25-29-33-37-39-40-42-45-48-52-56-60-64-68-72-85(90)98-78-83(104-87(92)74-70-66-62-58-54-50-46-41-38-34-30-26-22-18-14-10-6-2)80-102-106(95,96)100-76-81(88)75-99-105(93,94)101-79-82(103-86(91)73-69-65-61-57-53-49-44-36-32-28-24-20-16-12-8-4)77-97-84(89)71-67-63-59-55-51-47-43-35-31-27-23-19-15-11-7-3/h10-12,14-16,21-28,33-38,40,42-44,46,50-51,53,55,57-58,62,81-83,88H,5-9,13,17-20,29-32,39,41,45,47-49,52,54,56,59-61,63-80H2,1-4H3,(H,93,94)(H,95,96)/b14-10-,15-11-,16-12-,25-21-,26-22-,27-23-,28-24-,37-33-,38-34-,42-40-,43-35-,44-36-,50-46-,55-51-,57-53-,62-58-. The lowest BCUT2D eigenvalue weighted by atomic mass is 10.1. The number of carbonyl (C=O) groups excluding carboxylic acids is 4. The van der Waals surface area contributed by atoms with Gasteiger partial charge in [0.2, 0.25) is 0 Å². The maximum atomic E-state index is 13.1. The SMILES string of the molecule is CC/C=C\C/C=C\C/C=C\C/C=C\C/C=C\CCCC(=O)OC(COC(=O)CCCCCCCC/C=C\C/C=C\C/C=C\CCCCC)COP(=O)(O)OCC(O)COP(=O)(O)OCC(COC(=O)CCCC/C=C\C/C=C\C/C=C\C/C=C\CC)OC(=O)CCCC/C=C\C/C=C\C/C=C\C/C=C\CC. The normalized spacial score (nSPS) is 14.9. The maximum absolute atomic E-state index is 13.1. The van der Waals surface area contributed by atoms with Crippen LogP contribution in [0.25, 0.3) is 0 Å². The van der Waals surface area contributed by atoms with E-state index in [1.54, 1.807) is 0 Å². The van der Waals surface area contributed by atoms with Gasteiger partial charge in [-0.3, -0.25) is 37.3 Å². The van der Waals surface area contributed by atoms with Crippen molar-refractivity contribution in [1.29, 1.82) is 0 Å². The zero-order valence-electron chi connectivity index (χ0n) is 65.3. The van der Waals surface area contributed by atoms with Crippen LogP contribution in [0.1, 0.15) is 272 Å². The van der Waals surface area contributed by atoms with E-state index in [2.05, 4.69) is 210 Å². The Bertz CT molecular complexity index is 2780. The summed E-state index contributed by atoms with van der Waals surface area (Å²) in [6.07, 6.45) is 94.3. The van der Waals surface area contributed by atoms with Gasteiger partial charge in [-0.1, -0.05) is 261 Å². The molecule has 0 aliphatic carbocycles. The fourth-order valence-corrected chi connectivity index (χ4v) is 11.2. The molecule has 598 valence electrons. The number of phosphoric acid groups is 2. The average Bonchev–Trinajstić information content (AvgIpc) is 0.907. The van der Waals surface area contributed by atoms with Crippen molar-refractivity contribution in [2.45, 2.75) is 290 Å². The number of phosphoric ester groups is 2. The minimum absolute atomic E-state index is 0.00371. The van der Waals surface area contributed by atoms with Crippen LogP contribution in [0.2, 0.25) is 0 Å². The molecule has 5 atom stereocenters. The highest BCUT2D eigenvalue weighted by molar-refractivity contribution is 7.47. The summed E-state index contributed by atoms with van der Waals surface area (Å²) in [5.74, 6) is -2.38. The molecule has 106 heavy (non-hydrogen) atoms. The Morgan fingerprint density at radius 1 is 0.274 bits per heavy atom. The number of hydrogen-bond acceptors (Lipinski definition) is 15. The summed E-state index contributed by atoms with van der Waals surface area (Å²) in [5.41, 5.74) is 0. The van der Waals surface area contributed by atoms with Crippen LogP contribution < -0.4 is 0 Å². The summed E-state index contributed by atoms with van der Waals surface area (Å²) < 4.78 is 68.4. The lowest BCUT2D eigenvalue weighted by Crippen LogP contribution is -2.30. The number of aliphatic hydroxyl groups is 1. The number of unbranched alkanes of at least 4 members (excludes halogenated alkanes) is 14. The van der Waals surface area contributed by atoms with E-state index in [0.29, 0.717) is 38.5 Å². The quantitative estimate of drug-likeness (QED) is 0.0169. The predicted octanol–water partition coefficient (Wildman–Crippen LogP) is 23.3. The number of ether oxygens (including phenoxy) is 4. The zero-order valence-corrected chi connectivity index (χ0v) is 67.1. The molecule has 0 amide bonds. The Hall–Kier alpha value is -6.10. The lowest BCUT2D eigenvalue weighted by molar-refractivity contribution is -0.161. The van der Waals surface area contributed by atoms with Crippen LogP contribution in [0, 0.1) is 0 Å². The smallest absolute Gasteiger partial charge is 0.462 e. The van der Waals surface area contributed by atoms with Crippen LogP contribution in [0.5, 0.6) is 0 Å². The first-order chi connectivity index (χ1) is 51.7. The summed E-state index contributed by atoms with van der Waals surface area (Å²) in [7, 11) is -10.0. The largest absolute Gasteiger partial charge is 0.472 e. The average molecular weight is 1520 g/mol. The summed E-state index contributed by atoms with van der Waals surface area (Å²) in [5, 5.41) is 10.6. The first-order valence-corrected chi connectivity index (χ1v) is 42.7. The van der Waals surface area contributed by atoms with Gasteiger partial charge in [0.1, 0.15) is 19.3 Å². The molecule has 0 rings (SSSR count). The van der Waals surface area contributed by atoms with Crippen molar-refractivity contribution < 1.29 is 80.2 Å². The van der Waals surface area contributed by atoms with Crippen LogP contribution in [-0.2, 0) is 65.4 Å². The van der Waals surface area contributed by atoms with E-state index in [4.69, 9.17) is 37.0 Å². The van der Waals surface area contributed by atoms with Crippen LogP contribution in [0.15, 0.2) is 194 Å². The maximum Gasteiger partial charge on any atom is 0.472 e. The summed E-state index contributed by atoms with van der Waals surface area (Å²) in [4.78, 5) is 73.0. The molecular formula is C87H138O17P2. The van der Waals surface area contributed by atoms with Crippen molar-refractivity contribution in [3.05, 3.63) is 194 Å². The Morgan fingerprint density at radius 3 is 0.811 bits per heavy atom. The molecule has 19 heteroatoms. The monoisotopic (exact) mass is 1520 g/mol. The topological polar surface area (TPSA) is 237 Å². The number of carbonyl (C=O) groups is 4. The summed E-state index contributed by atoms with van der Waals surface area (Å²) in [6.45, 7) is 4.29.